The average molecular weight is 309 g/mol. The van der Waals surface area contributed by atoms with Gasteiger partial charge in [0, 0.05) is 5.41 Å². The van der Waals surface area contributed by atoms with Gasteiger partial charge in [-0.05, 0) is 59.1 Å². The summed E-state index contributed by atoms with van der Waals surface area (Å²) in [6.45, 7) is 13.7. The highest BCUT2D eigenvalue weighted by Gasteiger charge is 2.24. The van der Waals surface area contributed by atoms with Crippen molar-refractivity contribution in [1.29, 1.82) is 0 Å². The van der Waals surface area contributed by atoms with Gasteiger partial charge in [-0.2, -0.15) is 0 Å². The monoisotopic (exact) mass is 308 g/mol. The smallest absolute Gasteiger partial charge is 0.0146 e. The molecule has 0 saturated carbocycles. The molecule has 0 aromatic heterocycles. The lowest BCUT2D eigenvalue weighted by Crippen LogP contribution is -2.20. The average Bonchev–Trinajstić information content (AvgIpc) is 2.60. The second-order valence-electron chi connectivity index (χ2n) is 7.12. The number of hydrogen-bond donors (Lipinski definition) is 0. The molecule has 2 aromatic rings. The van der Waals surface area contributed by atoms with Gasteiger partial charge in [-0.25, -0.2) is 0 Å². The number of rotatable bonds is 6. The highest BCUT2D eigenvalue weighted by atomic mass is 14.3. The van der Waals surface area contributed by atoms with Crippen molar-refractivity contribution in [2.75, 3.05) is 0 Å². The zero-order valence-corrected chi connectivity index (χ0v) is 15.8. The van der Waals surface area contributed by atoms with E-state index >= 15 is 0 Å². The first-order valence-corrected chi connectivity index (χ1v) is 9.21. The summed E-state index contributed by atoms with van der Waals surface area (Å²) in [5.41, 5.74) is 8.76. The Labute approximate surface area is 143 Å². The molecule has 0 bridgehead atoms. The molecule has 2 rings (SSSR count). The molecule has 0 atom stereocenters. The minimum absolute atomic E-state index is 0.0458. The molecule has 124 valence electrons. The maximum atomic E-state index is 2.41. The van der Waals surface area contributed by atoms with E-state index in [0.29, 0.717) is 0 Å². The number of hydrogen-bond acceptors (Lipinski definition) is 0. The maximum absolute atomic E-state index is 2.41. The summed E-state index contributed by atoms with van der Waals surface area (Å²) in [4.78, 5) is 0. The highest BCUT2D eigenvalue weighted by molar-refractivity contribution is 5.44. The summed E-state index contributed by atoms with van der Waals surface area (Å²) in [5.74, 6) is 0. The first-order chi connectivity index (χ1) is 10.9. The van der Waals surface area contributed by atoms with Gasteiger partial charge in [-0.3, -0.25) is 0 Å². The van der Waals surface area contributed by atoms with Crippen LogP contribution >= 0.6 is 0 Å². The zero-order chi connectivity index (χ0) is 17.0. The van der Waals surface area contributed by atoms with Crippen LogP contribution in [-0.4, -0.2) is 0 Å². The molecule has 0 nitrogen and oxygen atoms in total. The summed E-state index contributed by atoms with van der Waals surface area (Å²) in [5, 5.41) is 0. The second-order valence-corrected chi connectivity index (χ2v) is 7.12. The third kappa shape index (κ3) is 3.86. The van der Waals surface area contributed by atoms with Gasteiger partial charge in [0.1, 0.15) is 0 Å². The number of aryl methyl sites for hydroxylation is 4. The van der Waals surface area contributed by atoms with Crippen LogP contribution < -0.4 is 0 Å². The summed E-state index contributed by atoms with van der Waals surface area (Å²) < 4.78 is 0. The number of benzene rings is 2. The van der Waals surface area contributed by atoms with Gasteiger partial charge in [-0.1, -0.05) is 77.9 Å². The largest absolute Gasteiger partial charge is 0.0613 e. The topological polar surface area (TPSA) is 0 Å². The molecule has 0 amide bonds. The molecule has 0 fully saturated rings. The van der Waals surface area contributed by atoms with E-state index < -0.39 is 0 Å². The van der Waals surface area contributed by atoms with Crippen molar-refractivity contribution in [2.45, 2.75) is 72.6 Å². The molecule has 0 aliphatic carbocycles. The van der Waals surface area contributed by atoms with E-state index in [9.17, 15) is 0 Å². The Bertz CT molecular complexity index is 560. The third-order valence-corrected chi connectivity index (χ3v) is 5.18. The SMILES string of the molecule is CCc1cc(CC)cc(C(C)(C)c2cc(CC)cc(CC)c2)c1. The van der Waals surface area contributed by atoms with Crippen molar-refractivity contribution in [1.82, 2.24) is 0 Å². The van der Waals surface area contributed by atoms with Crippen molar-refractivity contribution in [3.05, 3.63) is 69.8 Å². The molecule has 23 heavy (non-hydrogen) atoms. The molecule has 0 N–H and O–H groups in total. The lowest BCUT2D eigenvalue weighted by atomic mass is 9.75. The van der Waals surface area contributed by atoms with Crippen molar-refractivity contribution < 1.29 is 0 Å². The minimum Gasteiger partial charge on any atom is -0.0613 e. The molecule has 0 saturated heterocycles. The lowest BCUT2D eigenvalue weighted by Gasteiger charge is -2.28. The maximum Gasteiger partial charge on any atom is 0.0146 e. The van der Waals surface area contributed by atoms with Crippen LogP contribution in [0.3, 0.4) is 0 Å². The normalized spacial score (nSPS) is 11.7. The molecule has 0 heteroatoms. The summed E-state index contributed by atoms with van der Waals surface area (Å²) in [6, 6.07) is 14.3. The van der Waals surface area contributed by atoms with E-state index in [1.165, 1.54) is 33.4 Å². The van der Waals surface area contributed by atoms with E-state index in [1.807, 2.05) is 0 Å². The first kappa shape index (κ1) is 17.8. The van der Waals surface area contributed by atoms with E-state index in [0.717, 1.165) is 25.7 Å². The predicted octanol–water partition coefficient (Wildman–Crippen LogP) is 6.26. The minimum atomic E-state index is 0.0458. The van der Waals surface area contributed by atoms with Crippen molar-refractivity contribution in [2.24, 2.45) is 0 Å². The van der Waals surface area contributed by atoms with Gasteiger partial charge < -0.3 is 0 Å². The Morgan fingerprint density at radius 2 is 0.783 bits per heavy atom. The van der Waals surface area contributed by atoms with Crippen molar-refractivity contribution in [3.63, 3.8) is 0 Å². The van der Waals surface area contributed by atoms with Crippen LogP contribution in [0.1, 0.15) is 74.9 Å². The molecular weight excluding hydrogens is 276 g/mol. The molecular formula is C23H32. The van der Waals surface area contributed by atoms with E-state index in [1.54, 1.807) is 0 Å². The molecule has 0 spiro atoms. The van der Waals surface area contributed by atoms with Crippen LogP contribution in [0.2, 0.25) is 0 Å². The third-order valence-electron chi connectivity index (χ3n) is 5.18. The first-order valence-electron chi connectivity index (χ1n) is 9.21. The van der Waals surface area contributed by atoms with Gasteiger partial charge >= 0.3 is 0 Å². The Morgan fingerprint density at radius 3 is 1.00 bits per heavy atom. The standard InChI is InChI=1S/C23H32/c1-7-17-11-18(8-2)14-21(13-17)23(5,6)22-15-19(9-3)12-20(10-4)16-22/h11-16H,7-10H2,1-6H3. The zero-order valence-electron chi connectivity index (χ0n) is 15.8. The van der Waals surface area contributed by atoms with Crippen LogP contribution in [0.4, 0.5) is 0 Å². The molecule has 0 radical (unpaired) electrons. The second kappa shape index (κ2) is 7.34. The quantitative estimate of drug-likeness (QED) is 0.590. The van der Waals surface area contributed by atoms with Gasteiger partial charge in [-0.15, -0.1) is 0 Å². The van der Waals surface area contributed by atoms with E-state index in [2.05, 4.69) is 77.9 Å². The molecule has 2 aromatic carbocycles. The summed E-state index contributed by atoms with van der Waals surface area (Å²) >= 11 is 0. The van der Waals surface area contributed by atoms with Crippen LogP contribution in [0.15, 0.2) is 36.4 Å². The summed E-state index contributed by atoms with van der Waals surface area (Å²) in [7, 11) is 0. The predicted molar refractivity (Wildman–Crippen MR) is 103 cm³/mol. The molecule has 0 unspecified atom stereocenters. The van der Waals surface area contributed by atoms with Crippen LogP contribution in [0.5, 0.6) is 0 Å². The Kier molecular flexibility index (Phi) is 5.68. The Hall–Kier alpha value is -1.56. The summed E-state index contributed by atoms with van der Waals surface area (Å²) in [6.07, 6.45) is 4.41. The Balaban J connectivity index is 2.57. The molecule has 0 aliphatic heterocycles. The van der Waals surface area contributed by atoms with Gasteiger partial charge in [0.05, 0.1) is 0 Å². The van der Waals surface area contributed by atoms with Crippen molar-refractivity contribution >= 4 is 0 Å². The van der Waals surface area contributed by atoms with Gasteiger partial charge in [0.25, 0.3) is 0 Å². The highest BCUT2D eigenvalue weighted by Crippen LogP contribution is 2.34. The fraction of sp³-hybridized carbons (Fsp3) is 0.478. The van der Waals surface area contributed by atoms with Gasteiger partial charge in [0.2, 0.25) is 0 Å². The van der Waals surface area contributed by atoms with Crippen LogP contribution in [0.25, 0.3) is 0 Å². The van der Waals surface area contributed by atoms with Crippen LogP contribution in [0, 0.1) is 0 Å². The molecule has 0 aliphatic rings. The fourth-order valence-electron chi connectivity index (χ4n) is 3.23. The Morgan fingerprint density at radius 1 is 0.522 bits per heavy atom. The lowest BCUT2D eigenvalue weighted by molar-refractivity contribution is 0.636. The van der Waals surface area contributed by atoms with E-state index in [4.69, 9.17) is 0 Å². The fourth-order valence-corrected chi connectivity index (χ4v) is 3.23. The van der Waals surface area contributed by atoms with Crippen molar-refractivity contribution in [3.8, 4) is 0 Å². The van der Waals surface area contributed by atoms with E-state index in [-0.39, 0.29) is 5.41 Å². The van der Waals surface area contributed by atoms with Crippen LogP contribution in [-0.2, 0) is 31.1 Å². The van der Waals surface area contributed by atoms with Gasteiger partial charge in [0.15, 0.2) is 0 Å². The molecule has 0 heterocycles.